The van der Waals surface area contributed by atoms with Crippen molar-refractivity contribution >= 4 is 11.6 Å². The Labute approximate surface area is 102 Å². The van der Waals surface area contributed by atoms with E-state index in [1.165, 1.54) is 0 Å². The van der Waals surface area contributed by atoms with E-state index in [1.54, 1.807) is 31.1 Å². The molecule has 0 bridgehead atoms. The van der Waals surface area contributed by atoms with Gasteiger partial charge in [0.15, 0.2) is 0 Å². The highest BCUT2D eigenvalue weighted by Gasteiger charge is 2.04. The van der Waals surface area contributed by atoms with E-state index in [0.717, 1.165) is 11.3 Å². The third-order valence-corrected chi connectivity index (χ3v) is 2.52. The summed E-state index contributed by atoms with van der Waals surface area (Å²) < 4.78 is 0. The van der Waals surface area contributed by atoms with Crippen LogP contribution in [0, 0.1) is 18.3 Å². The lowest BCUT2D eigenvalue weighted by atomic mass is 10.1. The number of nitriles is 1. The molecule has 0 aliphatic carbocycles. The third kappa shape index (κ3) is 3.80. The van der Waals surface area contributed by atoms with Gasteiger partial charge in [-0.3, -0.25) is 4.79 Å². The van der Waals surface area contributed by atoms with Crippen molar-refractivity contribution < 1.29 is 4.79 Å². The van der Waals surface area contributed by atoms with Crippen molar-refractivity contribution in [1.29, 1.82) is 5.26 Å². The van der Waals surface area contributed by atoms with E-state index in [1.807, 2.05) is 13.0 Å². The van der Waals surface area contributed by atoms with E-state index in [2.05, 4.69) is 11.4 Å². The van der Waals surface area contributed by atoms with Crippen molar-refractivity contribution in [1.82, 2.24) is 4.90 Å². The van der Waals surface area contributed by atoms with Gasteiger partial charge in [0.1, 0.15) is 0 Å². The summed E-state index contributed by atoms with van der Waals surface area (Å²) in [6.07, 6.45) is 0.448. The summed E-state index contributed by atoms with van der Waals surface area (Å²) >= 11 is 0. The molecule has 0 unspecified atom stereocenters. The molecule has 1 rings (SSSR count). The number of carbonyl (C=O) groups excluding carboxylic acids is 1. The summed E-state index contributed by atoms with van der Waals surface area (Å²) in [4.78, 5) is 12.9. The average molecular weight is 231 g/mol. The number of rotatable bonds is 4. The molecule has 4 heteroatoms. The fourth-order valence-electron chi connectivity index (χ4n) is 1.41. The van der Waals surface area contributed by atoms with Crippen molar-refractivity contribution in [3.63, 3.8) is 0 Å². The van der Waals surface area contributed by atoms with Gasteiger partial charge in [0.05, 0.1) is 11.6 Å². The van der Waals surface area contributed by atoms with Crippen molar-refractivity contribution in [3.05, 3.63) is 29.3 Å². The predicted molar refractivity (Wildman–Crippen MR) is 67.7 cm³/mol. The topological polar surface area (TPSA) is 56.1 Å². The van der Waals surface area contributed by atoms with Crippen molar-refractivity contribution in [3.8, 4) is 6.07 Å². The third-order valence-electron chi connectivity index (χ3n) is 2.52. The van der Waals surface area contributed by atoms with Crippen LogP contribution in [0.5, 0.6) is 0 Å². The van der Waals surface area contributed by atoms with Gasteiger partial charge in [-0.15, -0.1) is 0 Å². The first-order valence-electron chi connectivity index (χ1n) is 5.49. The maximum Gasteiger partial charge on any atom is 0.223 e. The Morgan fingerprint density at radius 1 is 1.47 bits per heavy atom. The average Bonchev–Trinajstić information content (AvgIpc) is 2.31. The second kappa shape index (κ2) is 5.90. The molecule has 0 fully saturated rings. The zero-order chi connectivity index (χ0) is 12.8. The maximum atomic E-state index is 11.4. The summed E-state index contributed by atoms with van der Waals surface area (Å²) in [5, 5.41) is 12.0. The number of carbonyl (C=O) groups is 1. The molecule has 0 aliphatic heterocycles. The highest BCUT2D eigenvalue weighted by atomic mass is 16.2. The quantitative estimate of drug-likeness (QED) is 0.859. The first-order chi connectivity index (χ1) is 8.04. The van der Waals surface area contributed by atoms with Crippen LogP contribution >= 0.6 is 0 Å². The van der Waals surface area contributed by atoms with Gasteiger partial charge in [0.2, 0.25) is 5.91 Å². The molecule has 0 saturated carbocycles. The van der Waals surface area contributed by atoms with Gasteiger partial charge in [-0.05, 0) is 24.6 Å². The molecule has 1 N–H and O–H groups in total. The van der Waals surface area contributed by atoms with Crippen LogP contribution in [0.3, 0.4) is 0 Å². The Bertz CT molecular complexity index is 446. The van der Waals surface area contributed by atoms with Crippen LogP contribution < -0.4 is 5.32 Å². The molecule has 1 amide bonds. The van der Waals surface area contributed by atoms with Crippen LogP contribution in [0.1, 0.15) is 17.5 Å². The van der Waals surface area contributed by atoms with Crippen LogP contribution in [0.15, 0.2) is 18.2 Å². The number of nitrogens with zero attached hydrogens (tertiary/aromatic N) is 2. The molecule has 0 radical (unpaired) electrons. The van der Waals surface area contributed by atoms with Crippen molar-refractivity contribution in [2.75, 3.05) is 26.0 Å². The Morgan fingerprint density at radius 3 is 2.76 bits per heavy atom. The van der Waals surface area contributed by atoms with Crippen molar-refractivity contribution in [2.24, 2.45) is 0 Å². The summed E-state index contributed by atoms with van der Waals surface area (Å²) in [6.45, 7) is 2.55. The summed E-state index contributed by atoms with van der Waals surface area (Å²) in [5.74, 6) is 0.0894. The lowest BCUT2D eigenvalue weighted by molar-refractivity contribution is -0.128. The molecule has 0 atom stereocenters. The first kappa shape index (κ1) is 13.0. The number of aryl methyl sites for hydroxylation is 1. The van der Waals surface area contributed by atoms with Gasteiger partial charge in [0.25, 0.3) is 0 Å². The fourth-order valence-corrected chi connectivity index (χ4v) is 1.41. The fraction of sp³-hybridized carbons (Fsp3) is 0.385. The smallest absolute Gasteiger partial charge is 0.223 e. The highest BCUT2D eigenvalue weighted by molar-refractivity contribution is 5.76. The molecule has 0 spiro atoms. The van der Waals surface area contributed by atoms with E-state index in [-0.39, 0.29) is 5.91 Å². The summed E-state index contributed by atoms with van der Waals surface area (Å²) in [7, 11) is 3.48. The molecule has 1 aromatic carbocycles. The zero-order valence-electron chi connectivity index (χ0n) is 10.4. The second-order valence-corrected chi connectivity index (χ2v) is 4.11. The number of nitrogens with one attached hydrogen (secondary N) is 1. The highest BCUT2D eigenvalue weighted by Crippen LogP contribution is 2.16. The van der Waals surface area contributed by atoms with Crippen LogP contribution in [0.25, 0.3) is 0 Å². The van der Waals surface area contributed by atoms with E-state index in [4.69, 9.17) is 5.26 Å². The Balaban J connectivity index is 2.58. The predicted octanol–water partition coefficient (Wildman–Crippen LogP) is 1.76. The maximum absolute atomic E-state index is 11.4. The van der Waals surface area contributed by atoms with E-state index in [9.17, 15) is 4.79 Å². The van der Waals surface area contributed by atoms with Gasteiger partial charge in [-0.1, -0.05) is 6.07 Å². The summed E-state index contributed by atoms with van der Waals surface area (Å²) in [6, 6.07) is 7.58. The number of anilines is 1. The van der Waals surface area contributed by atoms with Crippen LogP contribution in [0.2, 0.25) is 0 Å². The minimum absolute atomic E-state index is 0.0894. The molecule has 1 aromatic rings. The van der Waals surface area contributed by atoms with Gasteiger partial charge in [0, 0.05) is 32.7 Å². The zero-order valence-corrected chi connectivity index (χ0v) is 10.4. The van der Waals surface area contributed by atoms with E-state index < -0.39 is 0 Å². The standard InChI is InChI=1S/C13H17N3O/c1-10-4-5-11(9-14)8-12(10)15-7-6-13(17)16(2)3/h4-5,8,15H,6-7H2,1-3H3. The van der Waals surface area contributed by atoms with Crippen LogP contribution in [-0.2, 0) is 4.79 Å². The van der Waals surface area contributed by atoms with E-state index >= 15 is 0 Å². The van der Waals surface area contributed by atoms with Crippen molar-refractivity contribution in [2.45, 2.75) is 13.3 Å². The molecule has 4 nitrogen and oxygen atoms in total. The molecule has 90 valence electrons. The van der Waals surface area contributed by atoms with Crippen LogP contribution in [-0.4, -0.2) is 31.4 Å². The Kier molecular flexibility index (Phi) is 4.53. The minimum atomic E-state index is 0.0894. The Hall–Kier alpha value is -2.02. The molecular formula is C13H17N3O. The lowest BCUT2D eigenvalue weighted by Crippen LogP contribution is -2.24. The molecule has 0 heterocycles. The summed E-state index contributed by atoms with van der Waals surface area (Å²) in [5.41, 5.74) is 2.61. The SMILES string of the molecule is Cc1ccc(C#N)cc1NCCC(=O)N(C)C. The van der Waals surface area contributed by atoms with Gasteiger partial charge in [-0.25, -0.2) is 0 Å². The van der Waals surface area contributed by atoms with Crippen LogP contribution in [0.4, 0.5) is 5.69 Å². The number of hydrogen-bond donors (Lipinski definition) is 1. The molecular weight excluding hydrogens is 214 g/mol. The molecule has 0 aromatic heterocycles. The second-order valence-electron chi connectivity index (χ2n) is 4.11. The van der Waals surface area contributed by atoms with Gasteiger partial charge < -0.3 is 10.2 Å². The van der Waals surface area contributed by atoms with Gasteiger partial charge >= 0.3 is 0 Å². The molecule has 0 aliphatic rings. The monoisotopic (exact) mass is 231 g/mol. The Morgan fingerprint density at radius 2 is 2.18 bits per heavy atom. The minimum Gasteiger partial charge on any atom is -0.384 e. The van der Waals surface area contributed by atoms with Gasteiger partial charge in [-0.2, -0.15) is 5.26 Å². The largest absolute Gasteiger partial charge is 0.384 e. The first-order valence-corrected chi connectivity index (χ1v) is 5.49. The molecule has 17 heavy (non-hydrogen) atoms. The van der Waals surface area contributed by atoms with E-state index in [0.29, 0.717) is 18.5 Å². The normalized spacial score (nSPS) is 9.53. The lowest BCUT2D eigenvalue weighted by Gasteiger charge is -2.12. The number of hydrogen-bond acceptors (Lipinski definition) is 3. The number of amides is 1. The number of benzene rings is 1. The molecule has 0 saturated heterocycles.